The molecule has 1 rings (SSSR count). The van der Waals surface area contributed by atoms with Crippen molar-refractivity contribution in [3.05, 3.63) is 24.2 Å². The van der Waals surface area contributed by atoms with E-state index in [4.69, 9.17) is 4.42 Å². The lowest BCUT2D eigenvalue weighted by Gasteiger charge is -2.15. The van der Waals surface area contributed by atoms with Crippen LogP contribution in [0, 0.1) is 0 Å². The molecule has 0 spiro atoms. The third-order valence-corrected chi connectivity index (χ3v) is 2.25. The van der Waals surface area contributed by atoms with E-state index >= 15 is 0 Å². The molecule has 0 atom stereocenters. The Kier molecular flexibility index (Phi) is 4.90. The van der Waals surface area contributed by atoms with Crippen molar-refractivity contribution in [3.8, 4) is 0 Å². The molecule has 0 saturated heterocycles. The number of nitrogens with one attached hydrogen (secondary N) is 1. The number of hydrogen-bond donors (Lipinski definition) is 1. The molecule has 0 aliphatic carbocycles. The molecule has 1 aromatic heterocycles. The zero-order valence-corrected chi connectivity index (χ0v) is 9.32. The Hall–Kier alpha value is -1.29. The summed E-state index contributed by atoms with van der Waals surface area (Å²) in [5.41, 5.74) is 0. The second-order valence-corrected chi connectivity index (χ2v) is 3.51. The van der Waals surface area contributed by atoms with Gasteiger partial charge in [0, 0.05) is 13.6 Å². The Morgan fingerprint density at radius 2 is 2.33 bits per heavy atom. The topological polar surface area (TPSA) is 45.5 Å². The quantitative estimate of drug-likeness (QED) is 0.721. The summed E-state index contributed by atoms with van der Waals surface area (Å²) in [6, 6.07) is 3.41. The summed E-state index contributed by atoms with van der Waals surface area (Å²) >= 11 is 0. The van der Waals surface area contributed by atoms with Gasteiger partial charge < -0.3 is 14.6 Å². The van der Waals surface area contributed by atoms with E-state index in [1.54, 1.807) is 24.1 Å². The highest BCUT2D eigenvalue weighted by Crippen LogP contribution is 2.04. The molecule has 0 unspecified atom stereocenters. The van der Waals surface area contributed by atoms with Gasteiger partial charge in [-0.2, -0.15) is 0 Å². The SMILES string of the molecule is CNCCCCN(C)C(=O)c1ccco1. The van der Waals surface area contributed by atoms with Gasteiger partial charge in [-0.05, 0) is 38.6 Å². The van der Waals surface area contributed by atoms with E-state index in [9.17, 15) is 4.79 Å². The molecule has 0 aliphatic rings. The van der Waals surface area contributed by atoms with E-state index in [1.807, 2.05) is 7.05 Å². The lowest BCUT2D eigenvalue weighted by molar-refractivity contribution is 0.0761. The van der Waals surface area contributed by atoms with Gasteiger partial charge in [-0.1, -0.05) is 0 Å². The van der Waals surface area contributed by atoms with Crippen molar-refractivity contribution < 1.29 is 9.21 Å². The summed E-state index contributed by atoms with van der Waals surface area (Å²) in [6.45, 7) is 1.75. The largest absolute Gasteiger partial charge is 0.459 e. The predicted molar refractivity (Wildman–Crippen MR) is 58.8 cm³/mol. The molecule has 1 amide bonds. The highest BCUT2D eigenvalue weighted by atomic mass is 16.3. The zero-order chi connectivity index (χ0) is 11.1. The summed E-state index contributed by atoms with van der Waals surface area (Å²) in [4.78, 5) is 13.4. The summed E-state index contributed by atoms with van der Waals surface area (Å²) in [7, 11) is 3.72. The van der Waals surface area contributed by atoms with Crippen LogP contribution in [0.3, 0.4) is 0 Å². The molecule has 4 heteroatoms. The highest BCUT2D eigenvalue weighted by molar-refractivity contribution is 5.91. The van der Waals surface area contributed by atoms with Crippen LogP contribution < -0.4 is 5.32 Å². The van der Waals surface area contributed by atoms with Gasteiger partial charge in [0.25, 0.3) is 5.91 Å². The summed E-state index contributed by atoms with van der Waals surface area (Å²) in [5, 5.41) is 3.08. The number of amides is 1. The van der Waals surface area contributed by atoms with Gasteiger partial charge in [-0.3, -0.25) is 4.79 Å². The van der Waals surface area contributed by atoms with Gasteiger partial charge in [0.05, 0.1) is 6.26 Å². The van der Waals surface area contributed by atoms with Crippen LogP contribution in [0.5, 0.6) is 0 Å². The van der Waals surface area contributed by atoms with Gasteiger partial charge >= 0.3 is 0 Å². The lowest BCUT2D eigenvalue weighted by atomic mass is 10.3. The monoisotopic (exact) mass is 210 g/mol. The molecule has 84 valence electrons. The molecule has 1 aromatic rings. The molecular formula is C11H18N2O2. The molecule has 1 N–H and O–H groups in total. The molecule has 0 bridgehead atoms. The fourth-order valence-corrected chi connectivity index (χ4v) is 1.34. The van der Waals surface area contributed by atoms with Gasteiger partial charge in [-0.25, -0.2) is 0 Å². The fraction of sp³-hybridized carbons (Fsp3) is 0.545. The molecular weight excluding hydrogens is 192 g/mol. The van der Waals surface area contributed by atoms with Crippen molar-refractivity contribution >= 4 is 5.91 Å². The maximum absolute atomic E-state index is 11.7. The average Bonchev–Trinajstić information content (AvgIpc) is 2.76. The molecule has 1 heterocycles. The van der Waals surface area contributed by atoms with Crippen molar-refractivity contribution in [1.29, 1.82) is 0 Å². The maximum atomic E-state index is 11.7. The van der Waals surface area contributed by atoms with Crippen molar-refractivity contribution in [2.75, 3.05) is 27.2 Å². The van der Waals surface area contributed by atoms with Crippen LogP contribution >= 0.6 is 0 Å². The minimum Gasteiger partial charge on any atom is -0.459 e. The standard InChI is InChI=1S/C11H18N2O2/c1-12-7-3-4-8-13(2)11(14)10-6-5-9-15-10/h5-6,9,12H,3-4,7-8H2,1-2H3. The lowest BCUT2D eigenvalue weighted by Crippen LogP contribution is -2.27. The molecule has 0 saturated carbocycles. The number of hydrogen-bond acceptors (Lipinski definition) is 3. The molecule has 15 heavy (non-hydrogen) atoms. The van der Waals surface area contributed by atoms with Crippen LogP contribution in [0.4, 0.5) is 0 Å². The third-order valence-electron chi connectivity index (χ3n) is 2.25. The van der Waals surface area contributed by atoms with Crippen molar-refractivity contribution in [2.24, 2.45) is 0 Å². The first-order valence-corrected chi connectivity index (χ1v) is 5.19. The van der Waals surface area contributed by atoms with E-state index < -0.39 is 0 Å². The van der Waals surface area contributed by atoms with E-state index in [0.29, 0.717) is 5.76 Å². The number of rotatable bonds is 6. The van der Waals surface area contributed by atoms with Gasteiger partial charge in [0.1, 0.15) is 0 Å². The van der Waals surface area contributed by atoms with Gasteiger partial charge in [-0.15, -0.1) is 0 Å². The Labute approximate surface area is 90.3 Å². The molecule has 0 fully saturated rings. The van der Waals surface area contributed by atoms with E-state index in [0.717, 1.165) is 25.9 Å². The zero-order valence-electron chi connectivity index (χ0n) is 9.32. The van der Waals surface area contributed by atoms with Crippen molar-refractivity contribution in [2.45, 2.75) is 12.8 Å². The first kappa shape index (κ1) is 11.8. The Morgan fingerprint density at radius 1 is 1.53 bits per heavy atom. The maximum Gasteiger partial charge on any atom is 0.289 e. The molecule has 4 nitrogen and oxygen atoms in total. The van der Waals surface area contributed by atoms with E-state index in [2.05, 4.69) is 5.32 Å². The van der Waals surface area contributed by atoms with Crippen LogP contribution in [0.15, 0.2) is 22.8 Å². The summed E-state index contributed by atoms with van der Waals surface area (Å²) in [6.07, 6.45) is 3.60. The Morgan fingerprint density at radius 3 is 2.93 bits per heavy atom. The predicted octanol–water partition coefficient (Wildman–Crippen LogP) is 1.35. The summed E-state index contributed by atoms with van der Waals surface area (Å²) < 4.78 is 5.04. The number of furan rings is 1. The van der Waals surface area contributed by atoms with E-state index in [1.165, 1.54) is 6.26 Å². The highest BCUT2D eigenvalue weighted by Gasteiger charge is 2.13. The van der Waals surface area contributed by atoms with Crippen molar-refractivity contribution in [3.63, 3.8) is 0 Å². The number of unbranched alkanes of at least 4 members (excludes halogenated alkanes) is 1. The minimum absolute atomic E-state index is 0.0514. The van der Waals surface area contributed by atoms with Gasteiger partial charge in [0.15, 0.2) is 5.76 Å². The fourth-order valence-electron chi connectivity index (χ4n) is 1.34. The normalized spacial score (nSPS) is 10.3. The number of carbonyl (C=O) groups is 1. The molecule has 0 radical (unpaired) electrons. The molecule has 0 aliphatic heterocycles. The Balaban J connectivity index is 2.28. The number of nitrogens with zero attached hydrogens (tertiary/aromatic N) is 1. The minimum atomic E-state index is -0.0514. The molecule has 0 aromatic carbocycles. The van der Waals surface area contributed by atoms with Crippen LogP contribution in [0.2, 0.25) is 0 Å². The van der Waals surface area contributed by atoms with Crippen LogP contribution in [0.25, 0.3) is 0 Å². The van der Waals surface area contributed by atoms with Crippen LogP contribution in [-0.2, 0) is 0 Å². The number of carbonyl (C=O) groups excluding carboxylic acids is 1. The van der Waals surface area contributed by atoms with Crippen LogP contribution in [0.1, 0.15) is 23.4 Å². The van der Waals surface area contributed by atoms with E-state index in [-0.39, 0.29) is 5.91 Å². The second-order valence-electron chi connectivity index (χ2n) is 3.51. The smallest absolute Gasteiger partial charge is 0.289 e. The van der Waals surface area contributed by atoms with Gasteiger partial charge in [0.2, 0.25) is 0 Å². The first-order chi connectivity index (χ1) is 7.25. The second kappa shape index (κ2) is 6.24. The average molecular weight is 210 g/mol. The summed E-state index contributed by atoms with van der Waals surface area (Å²) in [5.74, 6) is 0.357. The van der Waals surface area contributed by atoms with Crippen LogP contribution in [-0.4, -0.2) is 38.0 Å². The Bertz CT molecular complexity index is 283. The van der Waals surface area contributed by atoms with Crippen molar-refractivity contribution in [1.82, 2.24) is 10.2 Å². The third kappa shape index (κ3) is 3.75. The first-order valence-electron chi connectivity index (χ1n) is 5.19.